The van der Waals surface area contributed by atoms with Crippen LogP contribution in [0.15, 0.2) is 84.9 Å². The Bertz CT molecular complexity index is 899. The van der Waals surface area contributed by atoms with Crippen LogP contribution in [0.1, 0.15) is 41.5 Å². The van der Waals surface area contributed by atoms with Crippen molar-refractivity contribution in [3.05, 3.63) is 84.9 Å². The fourth-order valence-corrected chi connectivity index (χ4v) is 34.4. The molecule has 1 heterocycles. The van der Waals surface area contributed by atoms with Crippen LogP contribution in [0.2, 0.25) is 0 Å². The Kier molecular flexibility index (Phi) is 5.53. The minimum absolute atomic E-state index is 0.243. The molecule has 0 aromatic heterocycles. The molecule has 0 saturated heterocycles. The first-order valence-corrected chi connectivity index (χ1v) is 16.3. The summed E-state index contributed by atoms with van der Waals surface area (Å²) in [5.41, 5.74) is 0. The van der Waals surface area contributed by atoms with Crippen LogP contribution in [0, 0.1) is 0 Å². The third-order valence-corrected chi connectivity index (χ3v) is 27.4. The van der Waals surface area contributed by atoms with Crippen LogP contribution < -0.4 is 21.2 Å². The molecule has 4 rings (SSSR count). The van der Waals surface area contributed by atoms with Crippen LogP contribution in [0.4, 0.5) is 0 Å². The van der Waals surface area contributed by atoms with Gasteiger partial charge in [-0.25, -0.2) is 0 Å². The fourth-order valence-electron chi connectivity index (χ4n) is 4.70. The number of hydrogen-bond acceptors (Lipinski definition) is 0. The van der Waals surface area contributed by atoms with Gasteiger partial charge >= 0.3 is 0 Å². The van der Waals surface area contributed by atoms with E-state index in [0.717, 1.165) is 0 Å². The van der Waals surface area contributed by atoms with Crippen molar-refractivity contribution in [3.8, 4) is 0 Å². The molecule has 0 amide bonds. The second-order valence-corrected chi connectivity index (χ2v) is 23.8. The highest BCUT2D eigenvalue weighted by molar-refractivity contribution is 8.78. The van der Waals surface area contributed by atoms with E-state index in [2.05, 4.69) is 126 Å². The first-order chi connectivity index (χ1) is 13.7. The Balaban J connectivity index is 2.19. The number of benzene rings is 3. The number of rotatable bonds is 2. The maximum absolute atomic E-state index is 2.48. The van der Waals surface area contributed by atoms with Crippen LogP contribution in [-0.2, 0) is 0 Å². The zero-order valence-corrected chi connectivity index (χ0v) is 21.1. The lowest BCUT2D eigenvalue weighted by Crippen LogP contribution is -2.28. The average molecular weight is 437 g/mol. The summed E-state index contributed by atoms with van der Waals surface area (Å²) in [5, 5.41) is 7.02. The topological polar surface area (TPSA) is 0 Å². The molecule has 29 heavy (non-hydrogen) atoms. The lowest BCUT2D eigenvalue weighted by molar-refractivity contribution is 0.795. The van der Waals surface area contributed by atoms with Gasteiger partial charge in [0.15, 0.2) is 0 Å². The van der Waals surface area contributed by atoms with Gasteiger partial charge in [0.25, 0.3) is 0 Å². The molecule has 1 aliphatic heterocycles. The summed E-state index contributed by atoms with van der Waals surface area (Å²) in [6, 6.07) is 32.6. The molecule has 0 spiro atoms. The van der Waals surface area contributed by atoms with E-state index in [9.17, 15) is 0 Å². The minimum atomic E-state index is -1.67. The molecular formula is C26H32P3+. The second kappa shape index (κ2) is 7.57. The van der Waals surface area contributed by atoms with Crippen LogP contribution in [0.25, 0.3) is 0 Å². The molecule has 1 aliphatic rings. The van der Waals surface area contributed by atoms with Gasteiger partial charge in [0, 0.05) is 20.9 Å². The summed E-state index contributed by atoms with van der Waals surface area (Å²) in [5.74, 6) is 0. The Morgan fingerprint density at radius 1 is 0.483 bits per heavy atom. The minimum Gasteiger partial charge on any atom is -0.0620 e. The molecule has 2 atom stereocenters. The van der Waals surface area contributed by atoms with Gasteiger partial charge in [0.2, 0.25) is 0 Å². The van der Waals surface area contributed by atoms with Crippen molar-refractivity contribution in [1.82, 2.24) is 0 Å². The molecule has 0 fully saturated rings. The summed E-state index contributed by atoms with van der Waals surface area (Å²) >= 11 is 0. The monoisotopic (exact) mass is 437 g/mol. The fraction of sp³-hybridized carbons (Fsp3) is 0.308. The summed E-state index contributed by atoms with van der Waals surface area (Å²) in [7, 11) is -0.732. The van der Waals surface area contributed by atoms with Gasteiger partial charge in [-0.1, -0.05) is 102 Å². The Labute approximate surface area is 179 Å². The molecule has 150 valence electrons. The molecular weight excluding hydrogens is 405 g/mol. The second-order valence-electron chi connectivity index (χ2n) is 9.73. The van der Waals surface area contributed by atoms with E-state index in [1.54, 1.807) is 21.2 Å². The molecule has 3 heteroatoms. The molecule has 0 aliphatic carbocycles. The third kappa shape index (κ3) is 3.43. The zero-order chi connectivity index (χ0) is 20.9. The van der Waals surface area contributed by atoms with Crippen molar-refractivity contribution >= 4 is 43.1 Å². The molecule has 0 radical (unpaired) electrons. The van der Waals surface area contributed by atoms with Crippen molar-refractivity contribution in [1.29, 1.82) is 0 Å². The smallest absolute Gasteiger partial charge is 0.0620 e. The first-order valence-electron chi connectivity index (χ1n) is 10.4. The van der Waals surface area contributed by atoms with Crippen molar-refractivity contribution in [2.24, 2.45) is 0 Å². The maximum Gasteiger partial charge on any atom is 0.126 e. The predicted molar refractivity (Wildman–Crippen MR) is 138 cm³/mol. The summed E-state index contributed by atoms with van der Waals surface area (Å²) < 4.78 is 0. The molecule has 0 N–H and O–H groups in total. The van der Waals surface area contributed by atoms with Gasteiger partial charge in [0.1, 0.15) is 32.5 Å². The van der Waals surface area contributed by atoms with Crippen molar-refractivity contribution in [2.75, 3.05) is 0 Å². The molecule has 0 nitrogen and oxygen atoms in total. The van der Waals surface area contributed by atoms with Crippen LogP contribution in [0.5, 0.6) is 0 Å². The lowest BCUT2D eigenvalue weighted by atomic mass is 10.3. The van der Waals surface area contributed by atoms with E-state index in [-0.39, 0.29) is 25.5 Å². The predicted octanol–water partition coefficient (Wildman–Crippen LogP) is 7.01. The van der Waals surface area contributed by atoms with Gasteiger partial charge < -0.3 is 0 Å². The molecule has 3 aromatic rings. The van der Waals surface area contributed by atoms with Crippen LogP contribution in [0.3, 0.4) is 0 Å². The van der Waals surface area contributed by atoms with Gasteiger partial charge in [-0.05, 0) is 24.3 Å². The third-order valence-electron chi connectivity index (χ3n) is 5.42. The van der Waals surface area contributed by atoms with Crippen LogP contribution in [-0.4, -0.2) is 10.3 Å². The summed E-state index contributed by atoms with van der Waals surface area (Å²) in [6.45, 7) is 13.2. The first kappa shape index (κ1) is 21.2. The zero-order valence-electron chi connectivity index (χ0n) is 18.4. The highest BCUT2D eigenvalue weighted by Gasteiger charge is 2.69. The SMILES string of the molecule is CC(C)(C)[P@@]1c2ccccc2[P@@](C(C)(C)C)[P+]1(c1ccccc1)c1ccccc1. The molecule has 0 bridgehead atoms. The van der Waals surface area contributed by atoms with Crippen molar-refractivity contribution in [2.45, 2.75) is 51.9 Å². The van der Waals surface area contributed by atoms with Gasteiger partial charge in [-0.2, -0.15) is 0 Å². The van der Waals surface area contributed by atoms with Gasteiger partial charge in [0.05, 0.1) is 0 Å². The summed E-state index contributed by atoms with van der Waals surface area (Å²) in [4.78, 5) is 0. The highest BCUT2D eigenvalue weighted by atomic mass is 32.5. The highest BCUT2D eigenvalue weighted by Crippen LogP contribution is 3.04. The Morgan fingerprint density at radius 2 is 0.793 bits per heavy atom. The Hall–Kier alpha value is -1.05. The standard InChI is InChI=1S/C26H32P3/c1-25(2,3)27-23-19-13-14-20-24(23)28(26(4,5)6)29(27,21-15-9-7-10-16-21)22-17-11-8-12-18-22/h7-20H,1-6H3/q+1/t27-,28+. The largest absolute Gasteiger partial charge is 0.126 e. The Morgan fingerprint density at radius 3 is 1.10 bits per heavy atom. The van der Waals surface area contributed by atoms with E-state index in [0.29, 0.717) is 0 Å². The van der Waals surface area contributed by atoms with E-state index in [4.69, 9.17) is 0 Å². The van der Waals surface area contributed by atoms with Crippen molar-refractivity contribution in [3.63, 3.8) is 0 Å². The maximum atomic E-state index is 2.48. The number of hydrogen-bond donors (Lipinski definition) is 0. The van der Waals surface area contributed by atoms with E-state index >= 15 is 0 Å². The molecule has 0 unspecified atom stereocenters. The average Bonchev–Trinajstić information content (AvgIpc) is 3.02. The van der Waals surface area contributed by atoms with E-state index in [1.807, 2.05) is 0 Å². The van der Waals surface area contributed by atoms with Crippen LogP contribution >= 0.6 is 21.9 Å². The van der Waals surface area contributed by atoms with Crippen molar-refractivity contribution < 1.29 is 0 Å². The number of fused-ring (bicyclic) bond motifs is 1. The summed E-state index contributed by atoms with van der Waals surface area (Å²) in [6.07, 6.45) is 0. The van der Waals surface area contributed by atoms with E-state index < -0.39 is 6.64 Å². The van der Waals surface area contributed by atoms with Gasteiger partial charge in [-0.15, -0.1) is 0 Å². The van der Waals surface area contributed by atoms with Gasteiger partial charge in [-0.3, -0.25) is 0 Å². The van der Waals surface area contributed by atoms with E-state index in [1.165, 1.54) is 0 Å². The molecule has 3 aromatic carbocycles. The molecule has 0 saturated carbocycles. The normalized spacial score (nSPS) is 21.0. The lowest BCUT2D eigenvalue weighted by Gasteiger charge is -2.42. The quantitative estimate of drug-likeness (QED) is 0.378.